The van der Waals surface area contributed by atoms with Crippen molar-refractivity contribution in [2.45, 2.75) is 59.0 Å². The molecule has 0 unspecified atom stereocenters. The zero-order valence-corrected chi connectivity index (χ0v) is 16.1. The Morgan fingerprint density at radius 2 is 1.92 bits per heavy atom. The number of anilines is 1. The van der Waals surface area contributed by atoms with Crippen molar-refractivity contribution < 1.29 is 14.3 Å². The molecule has 1 aliphatic carbocycles. The van der Waals surface area contributed by atoms with E-state index in [9.17, 15) is 9.59 Å². The second-order valence-corrected chi connectivity index (χ2v) is 6.97. The molecule has 5 heteroatoms. The van der Waals surface area contributed by atoms with Crippen LogP contribution in [-0.4, -0.2) is 31.0 Å². The van der Waals surface area contributed by atoms with Crippen LogP contribution in [0.25, 0.3) is 0 Å². The number of carbonyl (C=O) groups is 2. The van der Waals surface area contributed by atoms with E-state index in [0.717, 1.165) is 25.0 Å². The molecular weight excluding hydrogens is 328 g/mol. The molecule has 0 saturated heterocycles. The molecule has 5 nitrogen and oxygen atoms in total. The van der Waals surface area contributed by atoms with E-state index in [-0.39, 0.29) is 24.5 Å². The lowest BCUT2D eigenvalue weighted by molar-refractivity contribution is -0.123. The lowest BCUT2D eigenvalue weighted by Crippen LogP contribution is -2.40. The van der Waals surface area contributed by atoms with Crippen molar-refractivity contribution in [1.82, 2.24) is 5.32 Å². The number of hydrogen-bond donors (Lipinski definition) is 1. The van der Waals surface area contributed by atoms with Crippen LogP contribution < -0.4 is 15.0 Å². The molecule has 1 aliphatic rings. The third-order valence-electron chi connectivity index (χ3n) is 4.36. The van der Waals surface area contributed by atoms with Gasteiger partial charge in [0, 0.05) is 19.2 Å². The maximum absolute atomic E-state index is 12.2. The first-order valence-corrected chi connectivity index (χ1v) is 9.45. The molecule has 0 saturated carbocycles. The first-order valence-electron chi connectivity index (χ1n) is 9.45. The minimum atomic E-state index is -0.160. The van der Waals surface area contributed by atoms with Gasteiger partial charge in [-0.1, -0.05) is 11.6 Å². The number of ether oxygens (including phenoxy) is 1. The van der Waals surface area contributed by atoms with Gasteiger partial charge in [0.25, 0.3) is 0 Å². The molecule has 0 aliphatic heterocycles. The highest BCUT2D eigenvalue weighted by atomic mass is 16.5. The molecule has 1 N–H and O–H groups in total. The summed E-state index contributed by atoms with van der Waals surface area (Å²) in [5.74, 6) is 0.448. The van der Waals surface area contributed by atoms with Gasteiger partial charge in [0.15, 0.2) is 0 Å². The molecule has 1 aromatic rings. The van der Waals surface area contributed by atoms with Crippen LogP contribution in [0.2, 0.25) is 0 Å². The van der Waals surface area contributed by atoms with Crippen molar-refractivity contribution in [2.24, 2.45) is 0 Å². The fraction of sp³-hybridized carbons (Fsp3) is 0.524. The SMILES string of the molecule is CC(=O)N(CC(=O)NCCC1=CCCCC1)c1ccc(OC(C)C)cc1. The molecule has 2 amide bonds. The number of hydrogen-bond acceptors (Lipinski definition) is 3. The summed E-state index contributed by atoms with van der Waals surface area (Å²) in [7, 11) is 0. The lowest BCUT2D eigenvalue weighted by atomic mass is 9.97. The summed E-state index contributed by atoms with van der Waals surface area (Å²) in [6.07, 6.45) is 8.08. The Hall–Kier alpha value is -2.30. The highest BCUT2D eigenvalue weighted by molar-refractivity contribution is 5.97. The van der Waals surface area contributed by atoms with Crippen LogP contribution in [0.3, 0.4) is 0 Å². The molecule has 0 aromatic heterocycles. The lowest BCUT2D eigenvalue weighted by Gasteiger charge is -2.21. The van der Waals surface area contributed by atoms with Crippen molar-refractivity contribution in [3.8, 4) is 5.75 Å². The maximum atomic E-state index is 12.2. The van der Waals surface area contributed by atoms with Gasteiger partial charge in [0.05, 0.1) is 6.10 Å². The molecule has 0 radical (unpaired) electrons. The average Bonchev–Trinajstić information content (AvgIpc) is 2.61. The Balaban J connectivity index is 1.87. The maximum Gasteiger partial charge on any atom is 0.240 e. The highest BCUT2D eigenvalue weighted by Gasteiger charge is 2.16. The molecule has 0 fully saturated rings. The Morgan fingerprint density at radius 1 is 1.19 bits per heavy atom. The second kappa shape index (κ2) is 10.00. The van der Waals surface area contributed by atoms with E-state index >= 15 is 0 Å². The summed E-state index contributed by atoms with van der Waals surface area (Å²) in [5, 5.41) is 2.92. The fourth-order valence-electron chi connectivity index (χ4n) is 3.05. The molecular formula is C21H30N2O3. The van der Waals surface area contributed by atoms with Crippen molar-refractivity contribution in [1.29, 1.82) is 0 Å². The van der Waals surface area contributed by atoms with Gasteiger partial charge >= 0.3 is 0 Å². The molecule has 2 rings (SSSR count). The molecule has 1 aromatic carbocycles. The van der Waals surface area contributed by atoms with E-state index in [1.165, 1.54) is 30.2 Å². The second-order valence-electron chi connectivity index (χ2n) is 6.97. The van der Waals surface area contributed by atoms with Gasteiger partial charge in [-0.15, -0.1) is 0 Å². The topological polar surface area (TPSA) is 58.6 Å². The van der Waals surface area contributed by atoms with Gasteiger partial charge < -0.3 is 15.0 Å². The van der Waals surface area contributed by atoms with Gasteiger partial charge in [0.2, 0.25) is 11.8 Å². The number of nitrogens with one attached hydrogen (secondary N) is 1. The van der Waals surface area contributed by atoms with Gasteiger partial charge in [0.1, 0.15) is 12.3 Å². The van der Waals surface area contributed by atoms with Crippen LogP contribution in [0.15, 0.2) is 35.9 Å². The molecule has 0 heterocycles. The zero-order chi connectivity index (χ0) is 18.9. The number of amides is 2. The molecule has 0 bridgehead atoms. The third-order valence-corrected chi connectivity index (χ3v) is 4.36. The molecule has 142 valence electrons. The van der Waals surface area contributed by atoms with Gasteiger partial charge in [-0.3, -0.25) is 9.59 Å². The van der Waals surface area contributed by atoms with Crippen LogP contribution in [-0.2, 0) is 9.59 Å². The van der Waals surface area contributed by atoms with Crippen molar-refractivity contribution in [3.63, 3.8) is 0 Å². The predicted molar refractivity (Wildman–Crippen MR) is 104 cm³/mol. The summed E-state index contributed by atoms with van der Waals surface area (Å²) in [5.41, 5.74) is 2.12. The van der Waals surface area contributed by atoms with Gasteiger partial charge in [-0.25, -0.2) is 0 Å². The smallest absolute Gasteiger partial charge is 0.240 e. The van der Waals surface area contributed by atoms with Crippen LogP contribution >= 0.6 is 0 Å². The number of rotatable bonds is 8. The largest absolute Gasteiger partial charge is 0.491 e. The summed E-state index contributed by atoms with van der Waals surface area (Å²) in [6.45, 7) is 6.04. The van der Waals surface area contributed by atoms with E-state index in [0.29, 0.717) is 12.2 Å². The summed E-state index contributed by atoms with van der Waals surface area (Å²) >= 11 is 0. The number of allylic oxidation sites excluding steroid dienone is 1. The first kappa shape index (κ1) is 20.0. The monoisotopic (exact) mass is 358 g/mol. The van der Waals surface area contributed by atoms with Crippen LogP contribution in [0, 0.1) is 0 Å². The molecule has 0 atom stereocenters. The summed E-state index contributed by atoms with van der Waals surface area (Å²) in [6, 6.07) is 7.25. The summed E-state index contributed by atoms with van der Waals surface area (Å²) < 4.78 is 5.61. The van der Waals surface area contributed by atoms with E-state index < -0.39 is 0 Å². The standard InChI is InChI=1S/C21H30N2O3/c1-16(2)26-20-11-9-19(10-12-20)23(17(3)24)15-21(25)22-14-13-18-7-5-4-6-8-18/h7,9-12,16H,4-6,8,13-15H2,1-3H3,(H,22,25). The van der Waals surface area contributed by atoms with E-state index in [2.05, 4.69) is 11.4 Å². The Morgan fingerprint density at radius 3 is 2.50 bits per heavy atom. The van der Waals surface area contributed by atoms with E-state index in [4.69, 9.17) is 4.74 Å². The minimum Gasteiger partial charge on any atom is -0.491 e. The zero-order valence-electron chi connectivity index (χ0n) is 16.1. The third kappa shape index (κ3) is 6.54. The Kier molecular flexibility index (Phi) is 7.70. The average molecular weight is 358 g/mol. The van der Waals surface area contributed by atoms with E-state index in [1.54, 1.807) is 12.1 Å². The summed E-state index contributed by atoms with van der Waals surface area (Å²) in [4.78, 5) is 25.7. The minimum absolute atomic E-state index is 0.0266. The first-order chi connectivity index (χ1) is 12.5. The molecule has 26 heavy (non-hydrogen) atoms. The number of benzene rings is 1. The van der Waals surface area contributed by atoms with Crippen LogP contribution in [0.4, 0.5) is 5.69 Å². The van der Waals surface area contributed by atoms with Gasteiger partial charge in [-0.05, 0) is 70.2 Å². The Bertz CT molecular complexity index is 635. The quantitative estimate of drug-likeness (QED) is 0.719. The molecule has 0 spiro atoms. The fourth-order valence-corrected chi connectivity index (χ4v) is 3.05. The van der Waals surface area contributed by atoms with Crippen LogP contribution in [0.5, 0.6) is 5.75 Å². The van der Waals surface area contributed by atoms with E-state index in [1.807, 2.05) is 26.0 Å². The Labute approximate surface area is 156 Å². The van der Waals surface area contributed by atoms with Crippen molar-refractivity contribution >= 4 is 17.5 Å². The number of nitrogens with zero attached hydrogens (tertiary/aromatic N) is 1. The predicted octanol–water partition coefficient (Wildman–Crippen LogP) is 3.83. The highest BCUT2D eigenvalue weighted by Crippen LogP contribution is 2.21. The van der Waals surface area contributed by atoms with Crippen molar-refractivity contribution in [2.75, 3.05) is 18.0 Å². The number of carbonyl (C=O) groups excluding carboxylic acids is 2. The van der Waals surface area contributed by atoms with Crippen LogP contribution in [0.1, 0.15) is 52.9 Å². The van der Waals surface area contributed by atoms with Gasteiger partial charge in [-0.2, -0.15) is 0 Å². The normalized spacial score (nSPS) is 13.9. The van der Waals surface area contributed by atoms with Crippen molar-refractivity contribution in [3.05, 3.63) is 35.9 Å².